The fourth-order valence-corrected chi connectivity index (χ4v) is 3.35. The summed E-state index contributed by atoms with van der Waals surface area (Å²) in [7, 11) is 0. The lowest BCUT2D eigenvalue weighted by Gasteiger charge is -2.28. The number of nitrogens with zero attached hydrogens (tertiary/aromatic N) is 6. The zero-order valence-electron chi connectivity index (χ0n) is 13.5. The molecule has 0 saturated heterocycles. The molecule has 0 saturated carbocycles. The van der Waals surface area contributed by atoms with Crippen molar-refractivity contribution >= 4 is 23.2 Å². The standard InChI is InChI=1S/C16H17ClN6O/c1-10(2)15-20-19-12-9-21(7-8-23(12)15)16(24)13-14(17)18-11-5-3-4-6-22(11)13/h3-6,10H,7-9H2,1-2H3. The number of rotatable bonds is 2. The Labute approximate surface area is 143 Å². The molecule has 0 aliphatic carbocycles. The number of fused-ring (bicyclic) bond motifs is 2. The molecule has 8 heteroatoms. The Balaban J connectivity index is 1.67. The number of imidazole rings is 1. The number of hydrogen-bond acceptors (Lipinski definition) is 4. The number of carbonyl (C=O) groups is 1. The molecule has 7 nitrogen and oxygen atoms in total. The van der Waals surface area contributed by atoms with Crippen LogP contribution in [-0.4, -0.2) is 41.5 Å². The molecular weight excluding hydrogens is 328 g/mol. The Hall–Kier alpha value is -2.41. The Morgan fingerprint density at radius 2 is 2.08 bits per heavy atom. The smallest absolute Gasteiger partial charge is 0.274 e. The van der Waals surface area contributed by atoms with E-state index >= 15 is 0 Å². The van der Waals surface area contributed by atoms with Gasteiger partial charge in [0.1, 0.15) is 11.5 Å². The number of halogens is 1. The van der Waals surface area contributed by atoms with Crippen LogP contribution >= 0.6 is 11.6 Å². The molecule has 0 N–H and O–H groups in total. The zero-order chi connectivity index (χ0) is 16.8. The van der Waals surface area contributed by atoms with Crippen molar-refractivity contribution in [2.45, 2.75) is 32.9 Å². The van der Waals surface area contributed by atoms with Gasteiger partial charge >= 0.3 is 0 Å². The fraction of sp³-hybridized carbons (Fsp3) is 0.375. The Bertz CT molecular complexity index is 928. The second-order valence-electron chi connectivity index (χ2n) is 6.19. The summed E-state index contributed by atoms with van der Waals surface area (Å²) in [6, 6.07) is 5.54. The summed E-state index contributed by atoms with van der Waals surface area (Å²) in [5.74, 6) is 1.94. The van der Waals surface area contributed by atoms with Crippen molar-refractivity contribution in [2.24, 2.45) is 0 Å². The zero-order valence-corrected chi connectivity index (χ0v) is 14.2. The number of pyridine rings is 1. The van der Waals surface area contributed by atoms with Crippen LogP contribution in [0.25, 0.3) is 5.65 Å². The van der Waals surface area contributed by atoms with E-state index in [0.717, 1.165) is 11.6 Å². The van der Waals surface area contributed by atoms with Gasteiger partial charge in [0.25, 0.3) is 5.91 Å². The monoisotopic (exact) mass is 344 g/mol. The summed E-state index contributed by atoms with van der Waals surface area (Å²) >= 11 is 6.21. The van der Waals surface area contributed by atoms with Crippen LogP contribution in [0.2, 0.25) is 5.15 Å². The third-order valence-electron chi connectivity index (χ3n) is 4.28. The second kappa shape index (κ2) is 5.59. The van der Waals surface area contributed by atoms with Gasteiger partial charge in [0.15, 0.2) is 16.7 Å². The van der Waals surface area contributed by atoms with Crippen molar-refractivity contribution in [2.75, 3.05) is 6.54 Å². The van der Waals surface area contributed by atoms with Crippen LogP contribution in [0.3, 0.4) is 0 Å². The lowest BCUT2D eigenvalue weighted by Crippen LogP contribution is -2.39. The third-order valence-corrected chi connectivity index (χ3v) is 4.54. The molecule has 0 bridgehead atoms. The topological polar surface area (TPSA) is 68.3 Å². The molecule has 0 atom stereocenters. The van der Waals surface area contributed by atoms with E-state index in [0.29, 0.717) is 36.9 Å². The first-order valence-corrected chi connectivity index (χ1v) is 8.28. The average Bonchev–Trinajstić information content (AvgIpc) is 3.13. The highest BCUT2D eigenvalue weighted by atomic mass is 35.5. The fourth-order valence-electron chi connectivity index (χ4n) is 3.09. The number of hydrogen-bond donors (Lipinski definition) is 0. The van der Waals surface area contributed by atoms with E-state index in [1.807, 2.05) is 18.2 Å². The van der Waals surface area contributed by atoms with E-state index in [-0.39, 0.29) is 11.1 Å². The van der Waals surface area contributed by atoms with Crippen LogP contribution in [-0.2, 0) is 13.1 Å². The first kappa shape index (κ1) is 15.1. The van der Waals surface area contributed by atoms with E-state index in [4.69, 9.17) is 11.6 Å². The van der Waals surface area contributed by atoms with E-state index in [1.165, 1.54) is 0 Å². The largest absolute Gasteiger partial charge is 0.328 e. The van der Waals surface area contributed by atoms with Gasteiger partial charge in [0.05, 0.1) is 6.54 Å². The van der Waals surface area contributed by atoms with Crippen LogP contribution in [0.1, 0.15) is 41.9 Å². The van der Waals surface area contributed by atoms with Gasteiger partial charge in [0.2, 0.25) is 0 Å². The number of amides is 1. The predicted octanol–water partition coefficient (Wildman–Crippen LogP) is 2.36. The highest BCUT2D eigenvalue weighted by Gasteiger charge is 2.29. The van der Waals surface area contributed by atoms with Gasteiger partial charge in [0, 0.05) is 25.2 Å². The minimum absolute atomic E-state index is 0.140. The molecule has 0 fully saturated rings. The molecule has 4 rings (SSSR count). The van der Waals surface area contributed by atoms with E-state index < -0.39 is 0 Å². The molecule has 1 aliphatic heterocycles. The van der Waals surface area contributed by atoms with E-state index in [9.17, 15) is 4.79 Å². The van der Waals surface area contributed by atoms with Gasteiger partial charge in [-0.2, -0.15) is 0 Å². The molecule has 0 unspecified atom stereocenters. The maximum Gasteiger partial charge on any atom is 0.274 e. The molecule has 1 aliphatic rings. The van der Waals surface area contributed by atoms with E-state index in [2.05, 4.69) is 33.6 Å². The van der Waals surface area contributed by atoms with Crippen molar-refractivity contribution in [3.05, 3.63) is 46.9 Å². The molecule has 3 aromatic heterocycles. The van der Waals surface area contributed by atoms with Crippen LogP contribution in [0, 0.1) is 0 Å². The van der Waals surface area contributed by atoms with Crippen molar-refractivity contribution in [3.8, 4) is 0 Å². The van der Waals surface area contributed by atoms with Crippen molar-refractivity contribution < 1.29 is 4.79 Å². The van der Waals surface area contributed by atoms with E-state index in [1.54, 1.807) is 15.5 Å². The molecule has 124 valence electrons. The molecule has 4 heterocycles. The minimum Gasteiger partial charge on any atom is -0.328 e. The quantitative estimate of drug-likeness (QED) is 0.715. The second-order valence-corrected chi connectivity index (χ2v) is 6.55. The van der Waals surface area contributed by atoms with Crippen LogP contribution < -0.4 is 0 Å². The summed E-state index contributed by atoms with van der Waals surface area (Å²) in [5.41, 5.74) is 1.05. The van der Waals surface area contributed by atoms with Crippen molar-refractivity contribution in [1.29, 1.82) is 0 Å². The Kier molecular flexibility index (Phi) is 3.53. The highest BCUT2D eigenvalue weighted by molar-refractivity contribution is 6.32. The lowest BCUT2D eigenvalue weighted by molar-refractivity contribution is 0.0699. The SMILES string of the molecule is CC(C)c1nnc2n1CCN(C(=O)c1c(Cl)nc3ccccn13)C2. The normalized spacial score (nSPS) is 14.4. The van der Waals surface area contributed by atoms with Crippen LogP contribution in [0.5, 0.6) is 0 Å². The van der Waals surface area contributed by atoms with Crippen LogP contribution in [0.4, 0.5) is 0 Å². The number of aromatic nitrogens is 5. The summed E-state index contributed by atoms with van der Waals surface area (Å²) in [4.78, 5) is 19.0. The molecule has 0 radical (unpaired) electrons. The van der Waals surface area contributed by atoms with Gasteiger partial charge in [-0.1, -0.05) is 31.5 Å². The van der Waals surface area contributed by atoms with Gasteiger partial charge in [-0.25, -0.2) is 4.98 Å². The predicted molar refractivity (Wildman–Crippen MR) is 89.1 cm³/mol. The first-order valence-electron chi connectivity index (χ1n) is 7.90. The molecular formula is C16H17ClN6O. The Morgan fingerprint density at radius 1 is 1.25 bits per heavy atom. The molecule has 0 spiro atoms. The van der Waals surface area contributed by atoms with Crippen molar-refractivity contribution in [3.63, 3.8) is 0 Å². The maximum atomic E-state index is 13.0. The average molecular weight is 345 g/mol. The molecule has 3 aromatic rings. The van der Waals surface area contributed by atoms with Gasteiger partial charge < -0.3 is 9.47 Å². The molecule has 0 aromatic carbocycles. The van der Waals surface area contributed by atoms with Gasteiger partial charge in [-0.05, 0) is 12.1 Å². The van der Waals surface area contributed by atoms with Crippen molar-refractivity contribution in [1.82, 2.24) is 29.0 Å². The summed E-state index contributed by atoms with van der Waals surface area (Å²) in [5, 5.41) is 8.72. The van der Waals surface area contributed by atoms with Crippen LogP contribution in [0.15, 0.2) is 24.4 Å². The Morgan fingerprint density at radius 3 is 2.88 bits per heavy atom. The maximum absolute atomic E-state index is 13.0. The minimum atomic E-state index is -0.140. The first-order chi connectivity index (χ1) is 11.6. The number of carbonyl (C=O) groups excluding carboxylic acids is 1. The van der Waals surface area contributed by atoms with Gasteiger partial charge in [-0.3, -0.25) is 9.20 Å². The lowest BCUT2D eigenvalue weighted by atomic mass is 10.2. The summed E-state index contributed by atoms with van der Waals surface area (Å²) in [6.45, 7) is 5.89. The van der Waals surface area contributed by atoms with Gasteiger partial charge in [-0.15, -0.1) is 10.2 Å². The highest BCUT2D eigenvalue weighted by Crippen LogP contribution is 2.23. The molecule has 1 amide bonds. The summed E-state index contributed by atoms with van der Waals surface area (Å²) in [6.07, 6.45) is 1.80. The third kappa shape index (κ3) is 2.27. The summed E-state index contributed by atoms with van der Waals surface area (Å²) < 4.78 is 3.83. The molecule has 24 heavy (non-hydrogen) atoms.